The van der Waals surface area contributed by atoms with E-state index in [-0.39, 0.29) is 12.1 Å². The molecule has 1 atom stereocenters. The van der Waals surface area contributed by atoms with E-state index in [2.05, 4.69) is 21.7 Å². The molecule has 29 heavy (non-hydrogen) atoms. The Morgan fingerprint density at radius 1 is 0.897 bits per heavy atom. The maximum absolute atomic E-state index is 12.8. The predicted molar refractivity (Wildman–Crippen MR) is 116 cm³/mol. The molecule has 0 fully saturated rings. The lowest BCUT2D eigenvalue weighted by molar-refractivity contribution is 0.135. The molecule has 0 saturated carbocycles. The molecule has 2 aromatic heterocycles. The molecule has 0 aliphatic rings. The van der Waals surface area contributed by atoms with Crippen LogP contribution >= 0.6 is 11.6 Å². The minimum atomic E-state index is -0.759. The van der Waals surface area contributed by atoms with Crippen molar-refractivity contribution in [2.75, 3.05) is 0 Å². The third kappa shape index (κ3) is 3.09. The normalized spacial score (nSPS) is 12.8. The molecule has 144 valence electrons. The van der Waals surface area contributed by atoms with Crippen molar-refractivity contribution in [3.05, 3.63) is 88.4 Å². The van der Waals surface area contributed by atoms with Crippen LogP contribution in [0.15, 0.2) is 77.9 Å². The van der Waals surface area contributed by atoms with Crippen molar-refractivity contribution in [2.24, 2.45) is 0 Å². The zero-order valence-corrected chi connectivity index (χ0v) is 16.3. The van der Waals surface area contributed by atoms with Crippen LogP contribution in [0.25, 0.3) is 32.7 Å². The highest BCUT2D eigenvalue weighted by Gasteiger charge is 2.15. The lowest BCUT2D eigenvalue weighted by atomic mass is 10.2. The van der Waals surface area contributed by atoms with Crippen LogP contribution in [0.2, 0.25) is 5.02 Å². The molecule has 5 aromatic rings. The second kappa shape index (κ2) is 7.03. The Balaban J connectivity index is 1.51. The van der Waals surface area contributed by atoms with E-state index in [0.717, 1.165) is 21.8 Å². The Morgan fingerprint density at radius 2 is 1.55 bits per heavy atom. The zero-order valence-electron chi connectivity index (χ0n) is 15.5. The monoisotopic (exact) mass is 403 g/mol. The summed E-state index contributed by atoms with van der Waals surface area (Å²) in [5, 5.41) is 14.0. The zero-order chi connectivity index (χ0) is 20.0. The number of para-hydroxylation sites is 2. The third-order valence-corrected chi connectivity index (χ3v) is 5.50. The number of aromatic nitrogens is 3. The molecule has 1 N–H and O–H groups in total. The Bertz CT molecular complexity index is 1370. The first-order valence-corrected chi connectivity index (χ1v) is 9.78. The summed E-state index contributed by atoms with van der Waals surface area (Å²) in [6, 6.07) is 21.3. The van der Waals surface area contributed by atoms with Crippen LogP contribution in [0.5, 0.6) is 0 Å². The summed E-state index contributed by atoms with van der Waals surface area (Å²) in [7, 11) is 0. The van der Waals surface area contributed by atoms with Gasteiger partial charge in [-0.2, -0.15) is 0 Å². The standard InChI is InChI=1S/C23H18ClN3O2/c24-15-9-10-20-19(11-15)23(29)26(14-25-20)12-16(28)13-27-21-7-3-1-5-17(21)18-6-2-4-8-22(18)27/h1-11,14,16,28H,12-13H2. The smallest absolute Gasteiger partial charge is 0.261 e. The van der Waals surface area contributed by atoms with Crippen LogP contribution < -0.4 is 5.56 Å². The van der Waals surface area contributed by atoms with Gasteiger partial charge in [0.2, 0.25) is 0 Å². The predicted octanol–water partition coefficient (Wildman–Crippen LogP) is 4.22. The van der Waals surface area contributed by atoms with E-state index in [9.17, 15) is 9.90 Å². The molecule has 0 radical (unpaired) electrons. The highest BCUT2D eigenvalue weighted by atomic mass is 35.5. The Morgan fingerprint density at radius 3 is 2.24 bits per heavy atom. The number of hydrogen-bond donors (Lipinski definition) is 1. The fourth-order valence-electron chi connectivity index (χ4n) is 3.96. The summed E-state index contributed by atoms with van der Waals surface area (Å²) in [6.07, 6.45) is 0.721. The lowest BCUT2D eigenvalue weighted by Gasteiger charge is -2.15. The number of fused-ring (bicyclic) bond motifs is 4. The van der Waals surface area contributed by atoms with Gasteiger partial charge in [0.1, 0.15) is 0 Å². The quantitative estimate of drug-likeness (QED) is 0.488. The van der Waals surface area contributed by atoms with Gasteiger partial charge in [-0.3, -0.25) is 9.36 Å². The number of nitrogens with zero attached hydrogens (tertiary/aromatic N) is 3. The van der Waals surface area contributed by atoms with Gasteiger partial charge in [0.05, 0.1) is 36.4 Å². The van der Waals surface area contributed by atoms with Gasteiger partial charge >= 0.3 is 0 Å². The fraction of sp³-hybridized carbons (Fsp3) is 0.130. The van der Waals surface area contributed by atoms with Crippen LogP contribution in [0, 0.1) is 0 Å². The molecular formula is C23H18ClN3O2. The van der Waals surface area contributed by atoms with Crippen LogP contribution in [0.4, 0.5) is 0 Å². The third-order valence-electron chi connectivity index (χ3n) is 5.27. The van der Waals surface area contributed by atoms with E-state index in [1.807, 2.05) is 36.4 Å². The van der Waals surface area contributed by atoms with E-state index in [1.54, 1.807) is 18.2 Å². The minimum absolute atomic E-state index is 0.148. The van der Waals surface area contributed by atoms with Crippen LogP contribution in [0.1, 0.15) is 0 Å². The first-order valence-electron chi connectivity index (χ1n) is 9.40. The van der Waals surface area contributed by atoms with Gasteiger partial charge in [-0.25, -0.2) is 4.98 Å². The molecule has 0 bridgehead atoms. The number of hydrogen-bond acceptors (Lipinski definition) is 3. The van der Waals surface area contributed by atoms with E-state index in [4.69, 9.17) is 11.6 Å². The van der Waals surface area contributed by atoms with E-state index >= 15 is 0 Å². The van der Waals surface area contributed by atoms with Crippen molar-refractivity contribution in [2.45, 2.75) is 19.2 Å². The van der Waals surface area contributed by atoms with Crippen molar-refractivity contribution >= 4 is 44.3 Å². The summed E-state index contributed by atoms with van der Waals surface area (Å²) in [5.41, 5.74) is 2.50. The number of rotatable bonds is 4. The van der Waals surface area contributed by atoms with E-state index < -0.39 is 6.10 Å². The van der Waals surface area contributed by atoms with Crippen molar-refractivity contribution < 1.29 is 5.11 Å². The summed E-state index contributed by atoms with van der Waals surface area (Å²) >= 11 is 6.03. The highest BCUT2D eigenvalue weighted by molar-refractivity contribution is 6.31. The summed E-state index contributed by atoms with van der Waals surface area (Å²) in [5.74, 6) is 0. The molecular weight excluding hydrogens is 386 g/mol. The first kappa shape index (κ1) is 17.9. The number of aliphatic hydroxyl groups excluding tert-OH is 1. The molecule has 0 amide bonds. The maximum atomic E-state index is 12.8. The molecule has 2 heterocycles. The van der Waals surface area contributed by atoms with Gasteiger partial charge in [-0.05, 0) is 30.3 Å². The van der Waals surface area contributed by atoms with E-state index in [0.29, 0.717) is 22.5 Å². The van der Waals surface area contributed by atoms with Crippen LogP contribution in [-0.2, 0) is 13.1 Å². The topological polar surface area (TPSA) is 60.1 Å². The molecule has 0 aliphatic heterocycles. The minimum Gasteiger partial charge on any atom is -0.389 e. The summed E-state index contributed by atoms with van der Waals surface area (Å²) in [6.45, 7) is 0.517. The fourth-order valence-corrected chi connectivity index (χ4v) is 4.13. The summed E-state index contributed by atoms with van der Waals surface area (Å²) in [4.78, 5) is 17.1. The number of halogens is 1. The Kier molecular flexibility index (Phi) is 4.34. The van der Waals surface area contributed by atoms with Crippen LogP contribution in [-0.4, -0.2) is 25.3 Å². The van der Waals surface area contributed by atoms with E-state index in [1.165, 1.54) is 10.9 Å². The van der Waals surface area contributed by atoms with Gasteiger partial charge in [-0.15, -0.1) is 0 Å². The SMILES string of the molecule is O=c1c2cc(Cl)ccc2ncn1CC(O)Cn1c2ccccc2c2ccccc21. The number of benzene rings is 3. The molecule has 5 rings (SSSR count). The van der Waals surface area contributed by atoms with Gasteiger partial charge in [-0.1, -0.05) is 48.0 Å². The molecule has 0 aliphatic carbocycles. The van der Waals surface area contributed by atoms with Gasteiger partial charge in [0, 0.05) is 26.8 Å². The van der Waals surface area contributed by atoms with Crippen LogP contribution in [0.3, 0.4) is 0 Å². The maximum Gasteiger partial charge on any atom is 0.261 e. The Labute approximate surface area is 171 Å². The van der Waals surface area contributed by atoms with Crippen molar-refractivity contribution in [3.63, 3.8) is 0 Å². The second-order valence-electron chi connectivity index (χ2n) is 7.16. The van der Waals surface area contributed by atoms with Gasteiger partial charge < -0.3 is 9.67 Å². The molecule has 5 nitrogen and oxygen atoms in total. The highest BCUT2D eigenvalue weighted by Crippen LogP contribution is 2.28. The lowest BCUT2D eigenvalue weighted by Crippen LogP contribution is -2.29. The molecule has 1 unspecified atom stereocenters. The first-order chi connectivity index (χ1) is 14.1. The second-order valence-corrected chi connectivity index (χ2v) is 7.60. The van der Waals surface area contributed by atoms with Gasteiger partial charge in [0.15, 0.2) is 0 Å². The summed E-state index contributed by atoms with van der Waals surface area (Å²) < 4.78 is 3.54. The average molecular weight is 404 g/mol. The van der Waals surface area contributed by atoms with Gasteiger partial charge in [0.25, 0.3) is 5.56 Å². The number of aliphatic hydroxyl groups is 1. The molecule has 3 aromatic carbocycles. The van der Waals surface area contributed by atoms with Crippen molar-refractivity contribution in [3.8, 4) is 0 Å². The average Bonchev–Trinajstić information content (AvgIpc) is 3.05. The molecule has 0 saturated heterocycles. The largest absolute Gasteiger partial charge is 0.389 e. The molecule has 0 spiro atoms. The Hall–Kier alpha value is -3.15. The van der Waals surface area contributed by atoms with Crippen molar-refractivity contribution in [1.82, 2.24) is 14.1 Å². The van der Waals surface area contributed by atoms with Crippen molar-refractivity contribution in [1.29, 1.82) is 0 Å². The molecule has 6 heteroatoms.